The first-order chi connectivity index (χ1) is 11.6. The van der Waals surface area contributed by atoms with Crippen molar-refractivity contribution in [3.05, 3.63) is 64.2 Å². The van der Waals surface area contributed by atoms with Crippen LogP contribution in [0.1, 0.15) is 33.2 Å². The van der Waals surface area contributed by atoms with Crippen molar-refractivity contribution in [2.24, 2.45) is 5.14 Å². The average molecular weight is 382 g/mol. The molecule has 0 saturated heterocycles. The van der Waals surface area contributed by atoms with Crippen molar-refractivity contribution < 1.29 is 22.7 Å². The van der Waals surface area contributed by atoms with Crippen molar-refractivity contribution in [3.8, 4) is 0 Å². The molecule has 2 aromatic carbocycles. The number of rotatable bonds is 5. The normalized spacial score (nSPS) is 12.5. The Morgan fingerprint density at radius 3 is 2.20 bits per heavy atom. The summed E-state index contributed by atoms with van der Waals surface area (Å²) in [4.78, 5) is 24.1. The molecule has 0 radical (unpaired) electrons. The van der Waals surface area contributed by atoms with Crippen LogP contribution in [-0.4, -0.2) is 26.3 Å². The highest BCUT2D eigenvalue weighted by molar-refractivity contribution is 7.89. The van der Waals surface area contributed by atoms with Crippen LogP contribution in [0.5, 0.6) is 0 Å². The number of hydrogen-bond acceptors (Lipinski definition) is 5. The molecule has 8 heteroatoms. The molecule has 0 saturated carbocycles. The fourth-order valence-electron chi connectivity index (χ4n) is 2.08. The number of sulfonamides is 1. The maximum atomic E-state index is 12.3. The number of Topliss-reactive ketones (excluding diaryl/α,β-unsaturated/α-hetero) is 1. The molecule has 0 aliphatic carbocycles. The molecule has 2 N–H and O–H groups in total. The van der Waals surface area contributed by atoms with Gasteiger partial charge in [-0.25, -0.2) is 18.4 Å². The summed E-state index contributed by atoms with van der Waals surface area (Å²) in [5.41, 5.74) is 1.34. The first-order valence-corrected chi connectivity index (χ1v) is 9.16. The lowest BCUT2D eigenvalue weighted by atomic mass is 10.1. The number of benzene rings is 2. The second-order valence-electron chi connectivity index (χ2n) is 5.47. The van der Waals surface area contributed by atoms with Gasteiger partial charge in [0, 0.05) is 5.56 Å². The van der Waals surface area contributed by atoms with Crippen LogP contribution in [-0.2, 0) is 14.8 Å². The first-order valence-electron chi connectivity index (χ1n) is 7.24. The summed E-state index contributed by atoms with van der Waals surface area (Å²) in [5.74, 6) is -1.22. The van der Waals surface area contributed by atoms with Crippen LogP contribution in [0.4, 0.5) is 0 Å². The highest BCUT2D eigenvalue weighted by Gasteiger charge is 2.22. The number of halogens is 1. The van der Waals surface area contributed by atoms with E-state index in [1.54, 1.807) is 24.3 Å². The molecule has 0 aliphatic heterocycles. The van der Waals surface area contributed by atoms with Gasteiger partial charge in [-0.1, -0.05) is 41.4 Å². The van der Waals surface area contributed by atoms with Crippen molar-refractivity contribution in [2.45, 2.75) is 24.8 Å². The zero-order valence-corrected chi connectivity index (χ0v) is 15.1. The Kier molecular flexibility index (Phi) is 5.62. The van der Waals surface area contributed by atoms with E-state index in [1.165, 1.54) is 19.1 Å². The molecule has 25 heavy (non-hydrogen) atoms. The van der Waals surface area contributed by atoms with Crippen molar-refractivity contribution in [1.29, 1.82) is 0 Å². The van der Waals surface area contributed by atoms with Crippen LogP contribution < -0.4 is 5.14 Å². The minimum Gasteiger partial charge on any atom is -0.451 e. The number of ether oxygens (including phenoxy) is 1. The molecular weight excluding hydrogens is 366 g/mol. The van der Waals surface area contributed by atoms with E-state index in [1.807, 2.05) is 6.92 Å². The molecule has 0 aliphatic rings. The third kappa shape index (κ3) is 4.66. The van der Waals surface area contributed by atoms with Gasteiger partial charge in [0.2, 0.25) is 15.8 Å². The Labute approximate surface area is 150 Å². The molecule has 0 amide bonds. The highest BCUT2D eigenvalue weighted by atomic mass is 35.5. The van der Waals surface area contributed by atoms with Crippen LogP contribution in [0.15, 0.2) is 47.4 Å². The minimum atomic E-state index is -4.09. The van der Waals surface area contributed by atoms with Crippen molar-refractivity contribution in [3.63, 3.8) is 0 Å². The van der Waals surface area contributed by atoms with Gasteiger partial charge < -0.3 is 4.74 Å². The summed E-state index contributed by atoms with van der Waals surface area (Å²) in [7, 11) is -4.09. The maximum Gasteiger partial charge on any atom is 0.338 e. The number of aryl methyl sites for hydroxylation is 1. The summed E-state index contributed by atoms with van der Waals surface area (Å²) < 4.78 is 28.0. The summed E-state index contributed by atoms with van der Waals surface area (Å²) in [6.45, 7) is 3.33. The van der Waals surface area contributed by atoms with Crippen molar-refractivity contribution in [1.82, 2.24) is 0 Å². The third-order valence-electron chi connectivity index (χ3n) is 3.46. The van der Waals surface area contributed by atoms with Gasteiger partial charge in [-0.2, -0.15) is 0 Å². The van der Waals surface area contributed by atoms with Gasteiger partial charge in [0.15, 0.2) is 6.10 Å². The minimum absolute atomic E-state index is 0.0722. The number of carbonyl (C=O) groups is 2. The molecule has 1 atom stereocenters. The molecule has 0 heterocycles. The monoisotopic (exact) mass is 381 g/mol. The maximum absolute atomic E-state index is 12.3. The Hall–Kier alpha value is -2.22. The molecule has 0 bridgehead atoms. The summed E-state index contributed by atoms with van der Waals surface area (Å²) in [5, 5.41) is 4.94. The quantitative estimate of drug-likeness (QED) is 0.633. The molecule has 0 spiro atoms. The summed E-state index contributed by atoms with van der Waals surface area (Å²) in [6.07, 6.45) is -1.04. The van der Waals surface area contributed by atoms with E-state index in [-0.39, 0.29) is 21.3 Å². The lowest BCUT2D eigenvalue weighted by molar-refractivity contribution is 0.0318. The van der Waals surface area contributed by atoms with E-state index in [2.05, 4.69) is 0 Å². The topological polar surface area (TPSA) is 104 Å². The van der Waals surface area contributed by atoms with E-state index < -0.39 is 22.1 Å². The summed E-state index contributed by atoms with van der Waals surface area (Å²) in [6, 6.07) is 10.4. The molecule has 2 aromatic rings. The van der Waals surface area contributed by atoms with E-state index in [0.717, 1.165) is 11.6 Å². The molecule has 2 rings (SSSR count). The van der Waals surface area contributed by atoms with Crippen molar-refractivity contribution >= 4 is 33.4 Å². The molecule has 132 valence electrons. The molecule has 0 unspecified atom stereocenters. The molecule has 0 aromatic heterocycles. The Balaban J connectivity index is 2.19. The van der Waals surface area contributed by atoms with Crippen LogP contribution in [0.25, 0.3) is 0 Å². The average Bonchev–Trinajstić information content (AvgIpc) is 2.54. The highest BCUT2D eigenvalue weighted by Crippen LogP contribution is 2.22. The number of esters is 1. The number of carbonyl (C=O) groups excluding carboxylic acids is 2. The van der Waals surface area contributed by atoms with E-state index in [9.17, 15) is 18.0 Å². The zero-order valence-electron chi connectivity index (χ0n) is 13.5. The largest absolute Gasteiger partial charge is 0.451 e. The lowest BCUT2D eigenvalue weighted by Gasteiger charge is -2.13. The Morgan fingerprint density at radius 1 is 1.08 bits per heavy atom. The fourth-order valence-corrected chi connectivity index (χ4v) is 3.15. The van der Waals surface area contributed by atoms with Gasteiger partial charge in [0.05, 0.1) is 10.6 Å². The van der Waals surface area contributed by atoms with Gasteiger partial charge in [0.25, 0.3) is 0 Å². The van der Waals surface area contributed by atoms with Gasteiger partial charge in [0.1, 0.15) is 4.90 Å². The van der Waals surface area contributed by atoms with E-state index in [4.69, 9.17) is 21.5 Å². The first kappa shape index (κ1) is 19.1. The van der Waals surface area contributed by atoms with E-state index >= 15 is 0 Å². The second kappa shape index (κ2) is 7.35. The third-order valence-corrected chi connectivity index (χ3v) is 4.86. The van der Waals surface area contributed by atoms with Crippen LogP contribution in [0.3, 0.4) is 0 Å². The lowest BCUT2D eigenvalue weighted by Crippen LogP contribution is -2.24. The fraction of sp³-hybridized carbons (Fsp3) is 0.176. The SMILES string of the molecule is Cc1ccc(C(=O)[C@H](C)OC(=O)c2ccc(Cl)c(S(N)(=O)=O)c2)cc1. The van der Waals surface area contributed by atoms with Gasteiger partial charge in [-0.3, -0.25) is 4.79 Å². The number of nitrogens with two attached hydrogens (primary N) is 1. The van der Waals surface area contributed by atoms with Crippen LogP contribution >= 0.6 is 11.6 Å². The Morgan fingerprint density at radius 2 is 1.64 bits per heavy atom. The van der Waals surface area contributed by atoms with Crippen LogP contribution in [0, 0.1) is 6.92 Å². The zero-order chi connectivity index (χ0) is 18.8. The number of primary sulfonamides is 1. The van der Waals surface area contributed by atoms with Gasteiger partial charge in [-0.05, 0) is 32.0 Å². The van der Waals surface area contributed by atoms with Gasteiger partial charge in [-0.15, -0.1) is 0 Å². The van der Waals surface area contributed by atoms with Crippen molar-refractivity contribution in [2.75, 3.05) is 0 Å². The number of hydrogen-bond donors (Lipinski definition) is 1. The molecule has 0 fully saturated rings. The second-order valence-corrected chi connectivity index (χ2v) is 7.41. The van der Waals surface area contributed by atoms with Crippen LogP contribution in [0.2, 0.25) is 5.02 Å². The molecule has 6 nitrogen and oxygen atoms in total. The predicted octanol–water partition coefficient (Wildman–Crippen LogP) is 2.72. The smallest absolute Gasteiger partial charge is 0.338 e. The molecular formula is C17H16ClNO5S. The summed E-state index contributed by atoms with van der Waals surface area (Å²) >= 11 is 5.77. The standard InChI is InChI=1S/C17H16ClNO5S/c1-10-3-5-12(6-4-10)16(20)11(2)24-17(21)13-7-8-14(18)15(9-13)25(19,22)23/h3-9,11H,1-2H3,(H2,19,22,23)/t11-/m0/s1. The number of ketones is 1. The van der Waals surface area contributed by atoms with Gasteiger partial charge >= 0.3 is 5.97 Å². The Bertz CT molecular complexity index is 923. The van der Waals surface area contributed by atoms with E-state index in [0.29, 0.717) is 5.56 Å². The predicted molar refractivity (Wildman–Crippen MR) is 93.2 cm³/mol.